The molecule has 1 aromatic heterocycles. The third-order valence-corrected chi connectivity index (χ3v) is 4.33. The van der Waals surface area contributed by atoms with Gasteiger partial charge in [-0.2, -0.15) is 0 Å². The fourth-order valence-electron chi connectivity index (χ4n) is 2.15. The Bertz CT molecular complexity index is 898. The van der Waals surface area contributed by atoms with E-state index in [0.717, 1.165) is 5.56 Å². The molecule has 0 aliphatic heterocycles. The van der Waals surface area contributed by atoms with Crippen LogP contribution in [0.5, 0.6) is 0 Å². The number of nitro benzene ring substituents is 1. The van der Waals surface area contributed by atoms with Crippen molar-refractivity contribution in [3.05, 3.63) is 70.3 Å². The number of hydrogen-bond donors (Lipinski definition) is 1. The third-order valence-electron chi connectivity index (χ3n) is 3.37. The molecule has 2 aromatic carbocycles. The Labute approximate surface area is 152 Å². The van der Waals surface area contributed by atoms with Gasteiger partial charge in [-0.25, -0.2) is 4.68 Å². The molecule has 26 heavy (non-hydrogen) atoms. The molecule has 0 bridgehead atoms. The predicted octanol–water partition coefficient (Wildman–Crippen LogP) is 2.36. The maximum atomic E-state index is 12.1. The molecule has 0 saturated carbocycles. The van der Waals surface area contributed by atoms with Crippen molar-refractivity contribution in [1.29, 1.82) is 0 Å². The SMILES string of the molecule is O=C(CSc1nnnn1Cc1ccccc1)Nc1ccc([N+](=O)[O-])cc1. The van der Waals surface area contributed by atoms with Crippen LogP contribution >= 0.6 is 11.8 Å². The number of nitro groups is 1. The van der Waals surface area contributed by atoms with E-state index in [1.807, 2.05) is 30.3 Å². The van der Waals surface area contributed by atoms with Crippen LogP contribution in [0.15, 0.2) is 59.8 Å². The molecule has 0 saturated heterocycles. The Hall–Kier alpha value is -3.27. The van der Waals surface area contributed by atoms with E-state index < -0.39 is 4.92 Å². The molecule has 1 amide bonds. The van der Waals surface area contributed by atoms with E-state index in [9.17, 15) is 14.9 Å². The molecule has 132 valence electrons. The van der Waals surface area contributed by atoms with Gasteiger partial charge in [0.2, 0.25) is 11.1 Å². The molecule has 3 aromatic rings. The monoisotopic (exact) mass is 370 g/mol. The number of aromatic nitrogens is 4. The average Bonchev–Trinajstić information content (AvgIpc) is 3.08. The molecule has 0 spiro atoms. The molecule has 3 rings (SSSR count). The number of non-ortho nitro benzene ring substituents is 1. The molecule has 0 radical (unpaired) electrons. The van der Waals surface area contributed by atoms with Crippen LogP contribution in [0.3, 0.4) is 0 Å². The normalized spacial score (nSPS) is 10.5. The van der Waals surface area contributed by atoms with E-state index >= 15 is 0 Å². The summed E-state index contributed by atoms with van der Waals surface area (Å²) in [5.41, 5.74) is 1.51. The minimum absolute atomic E-state index is 0.0301. The standard InChI is InChI=1S/C16H14N6O3S/c23-15(17-13-6-8-14(9-7-13)22(24)25)11-26-16-18-19-20-21(16)10-12-4-2-1-3-5-12/h1-9H,10-11H2,(H,17,23). The van der Waals surface area contributed by atoms with E-state index in [-0.39, 0.29) is 17.3 Å². The summed E-state index contributed by atoms with van der Waals surface area (Å²) in [6.45, 7) is 0.514. The number of tetrazole rings is 1. The number of carbonyl (C=O) groups excluding carboxylic acids is 1. The maximum absolute atomic E-state index is 12.1. The number of hydrogen-bond acceptors (Lipinski definition) is 7. The quantitative estimate of drug-likeness (QED) is 0.385. The largest absolute Gasteiger partial charge is 0.325 e. The Morgan fingerprint density at radius 3 is 2.58 bits per heavy atom. The maximum Gasteiger partial charge on any atom is 0.269 e. The number of carbonyl (C=O) groups is 1. The van der Waals surface area contributed by atoms with Gasteiger partial charge in [-0.3, -0.25) is 14.9 Å². The van der Waals surface area contributed by atoms with Crippen molar-refractivity contribution >= 4 is 29.0 Å². The van der Waals surface area contributed by atoms with Gasteiger partial charge in [0.05, 0.1) is 17.2 Å². The Balaban J connectivity index is 1.55. The van der Waals surface area contributed by atoms with E-state index in [0.29, 0.717) is 17.4 Å². The first-order chi connectivity index (χ1) is 12.6. The first-order valence-electron chi connectivity index (χ1n) is 7.59. The molecule has 1 heterocycles. The molecular weight excluding hydrogens is 356 g/mol. The fourth-order valence-corrected chi connectivity index (χ4v) is 2.83. The minimum Gasteiger partial charge on any atom is -0.325 e. The summed E-state index contributed by atoms with van der Waals surface area (Å²) in [6.07, 6.45) is 0. The van der Waals surface area contributed by atoms with Crippen LogP contribution in [0.1, 0.15) is 5.56 Å². The number of amides is 1. The van der Waals surface area contributed by atoms with E-state index in [2.05, 4.69) is 20.8 Å². The highest BCUT2D eigenvalue weighted by Crippen LogP contribution is 2.18. The van der Waals surface area contributed by atoms with Gasteiger partial charge in [0.25, 0.3) is 5.69 Å². The lowest BCUT2D eigenvalue weighted by atomic mass is 10.2. The second kappa shape index (κ2) is 8.21. The van der Waals surface area contributed by atoms with Crippen LogP contribution in [0.25, 0.3) is 0 Å². The van der Waals surface area contributed by atoms with Crippen molar-refractivity contribution in [3.63, 3.8) is 0 Å². The minimum atomic E-state index is -0.492. The van der Waals surface area contributed by atoms with Crippen LogP contribution in [-0.4, -0.2) is 36.8 Å². The van der Waals surface area contributed by atoms with Gasteiger partial charge in [-0.05, 0) is 28.1 Å². The van der Waals surface area contributed by atoms with Crippen molar-refractivity contribution in [2.24, 2.45) is 0 Å². The zero-order chi connectivity index (χ0) is 18.4. The van der Waals surface area contributed by atoms with E-state index in [1.54, 1.807) is 4.68 Å². The van der Waals surface area contributed by atoms with Gasteiger partial charge in [0.1, 0.15) is 0 Å². The lowest BCUT2D eigenvalue weighted by Crippen LogP contribution is -2.14. The lowest BCUT2D eigenvalue weighted by Gasteiger charge is -2.06. The molecular formula is C16H14N6O3S. The summed E-state index contributed by atoms with van der Waals surface area (Å²) in [6, 6.07) is 15.4. The molecule has 0 fully saturated rings. The predicted molar refractivity (Wildman–Crippen MR) is 95.8 cm³/mol. The van der Waals surface area contributed by atoms with Crippen molar-refractivity contribution in [3.8, 4) is 0 Å². The summed E-state index contributed by atoms with van der Waals surface area (Å²) in [7, 11) is 0. The lowest BCUT2D eigenvalue weighted by molar-refractivity contribution is -0.384. The molecule has 1 N–H and O–H groups in total. The summed E-state index contributed by atoms with van der Waals surface area (Å²) in [5.74, 6) is -0.135. The molecule has 0 aliphatic carbocycles. The van der Waals surface area contributed by atoms with E-state index in [4.69, 9.17) is 0 Å². The molecule has 0 unspecified atom stereocenters. The Kier molecular flexibility index (Phi) is 5.54. The summed E-state index contributed by atoms with van der Waals surface area (Å²) in [5, 5.41) is 25.4. The fraction of sp³-hybridized carbons (Fsp3) is 0.125. The Morgan fingerprint density at radius 1 is 1.15 bits per heavy atom. The number of nitrogens with zero attached hydrogens (tertiary/aromatic N) is 5. The van der Waals surface area contributed by atoms with Gasteiger partial charge >= 0.3 is 0 Å². The van der Waals surface area contributed by atoms with Gasteiger partial charge in [-0.1, -0.05) is 42.1 Å². The van der Waals surface area contributed by atoms with Crippen molar-refractivity contribution in [1.82, 2.24) is 20.2 Å². The molecule has 0 atom stereocenters. The second-order valence-corrected chi connectivity index (χ2v) is 6.19. The van der Waals surface area contributed by atoms with Gasteiger partial charge in [0.15, 0.2) is 0 Å². The smallest absolute Gasteiger partial charge is 0.269 e. The molecule has 10 heteroatoms. The number of rotatable bonds is 7. The second-order valence-electron chi connectivity index (χ2n) is 5.25. The highest BCUT2D eigenvalue weighted by atomic mass is 32.2. The third kappa shape index (κ3) is 4.63. The van der Waals surface area contributed by atoms with Crippen LogP contribution < -0.4 is 5.32 Å². The Morgan fingerprint density at radius 2 is 1.88 bits per heavy atom. The van der Waals surface area contributed by atoms with Crippen LogP contribution in [0.2, 0.25) is 0 Å². The molecule has 9 nitrogen and oxygen atoms in total. The summed E-state index contributed by atoms with van der Waals surface area (Å²) < 4.78 is 1.62. The van der Waals surface area contributed by atoms with E-state index in [1.165, 1.54) is 36.0 Å². The first kappa shape index (κ1) is 17.5. The highest BCUT2D eigenvalue weighted by molar-refractivity contribution is 7.99. The topological polar surface area (TPSA) is 116 Å². The number of anilines is 1. The summed E-state index contributed by atoms with van der Waals surface area (Å²) >= 11 is 1.21. The number of benzene rings is 2. The van der Waals surface area contributed by atoms with Crippen molar-refractivity contribution in [2.75, 3.05) is 11.1 Å². The highest BCUT2D eigenvalue weighted by Gasteiger charge is 2.11. The zero-order valence-corrected chi connectivity index (χ0v) is 14.3. The number of thioether (sulfide) groups is 1. The number of nitrogens with one attached hydrogen (secondary N) is 1. The van der Waals surface area contributed by atoms with Crippen molar-refractivity contribution in [2.45, 2.75) is 11.7 Å². The van der Waals surface area contributed by atoms with Crippen LogP contribution in [0, 0.1) is 10.1 Å². The van der Waals surface area contributed by atoms with Gasteiger partial charge in [-0.15, -0.1) is 5.10 Å². The molecule has 0 aliphatic rings. The van der Waals surface area contributed by atoms with Crippen molar-refractivity contribution < 1.29 is 9.72 Å². The van der Waals surface area contributed by atoms with Gasteiger partial charge in [0, 0.05) is 17.8 Å². The average molecular weight is 370 g/mol. The first-order valence-corrected chi connectivity index (χ1v) is 8.57. The van der Waals surface area contributed by atoms with Crippen LogP contribution in [-0.2, 0) is 11.3 Å². The van der Waals surface area contributed by atoms with Crippen LogP contribution in [0.4, 0.5) is 11.4 Å². The van der Waals surface area contributed by atoms with Gasteiger partial charge < -0.3 is 5.32 Å². The summed E-state index contributed by atoms with van der Waals surface area (Å²) in [4.78, 5) is 22.2. The zero-order valence-electron chi connectivity index (χ0n) is 13.5.